The van der Waals surface area contributed by atoms with E-state index >= 15 is 0 Å². The molecule has 146 valence electrons. The highest BCUT2D eigenvalue weighted by molar-refractivity contribution is 9.10. The average molecular weight is 467 g/mol. The predicted octanol–water partition coefficient (Wildman–Crippen LogP) is 3.52. The van der Waals surface area contributed by atoms with Gasteiger partial charge in [0, 0.05) is 9.50 Å². The number of ether oxygens (including phenoxy) is 1. The molecule has 28 heavy (non-hydrogen) atoms. The summed E-state index contributed by atoms with van der Waals surface area (Å²) in [5, 5.41) is 5.69. The van der Waals surface area contributed by atoms with Gasteiger partial charge in [-0.2, -0.15) is 0 Å². The Morgan fingerprint density at radius 1 is 1.29 bits per heavy atom. The van der Waals surface area contributed by atoms with Crippen LogP contribution in [0, 0.1) is 0 Å². The topological polar surface area (TPSA) is 87.7 Å². The first kappa shape index (κ1) is 20.2. The van der Waals surface area contributed by atoms with Crippen molar-refractivity contribution < 1.29 is 19.1 Å². The number of methoxy groups -OCH3 is 1. The van der Waals surface area contributed by atoms with Gasteiger partial charge in [0.2, 0.25) is 5.91 Å². The van der Waals surface area contributed by atoms with Crippen LogP contribution >= 0.6 is 27.5 Å². The maximum absolute atomic E-state index is 12.9. The minimum Gasteiger partial charge on any atom is -0.495 e. The smallest absolute Gasteiger partial charge is 0.325 e. The van der Waals surface area contributed by atoms with E-state index in [1.807, 2.05) is 6.07 Å². The molecule has 0 bridgehead atoms. The summed E-state index contributed by atoms with van der Waals surface area (Å²) < 4.78 is 5.95. The number of carbonyl (C=O) groups excluding carboxylic acids is 3. The molecule has 0 aliphatic carbocycles. The molecule has 0 radical (unpaired) electrons. The summed E-state index contributed by atoms with van der Waals surface area (Å²) in [6, 6.07) is 11.2. The molecule has 1 fully saturated rings. The zero-order valence-electron chi connectivity index (χ0n) is 15.1. The molecule has 1 aliphatic heterocycles. The van der Waals surface area contributed by atoms with Crippen LogP contribution < -0.4 is 15.4 Å². The molecule has 2 N–H and O–H groups in total. The third-order valence-corrected chi connectivity index (χ3v) is 5.14. The summed E-state index contributed by atoms with van der Waals surface area (Å²) in [7, 11) is 1.46. The first-order chi connectivity index (χ1) is 13.2. The van der Waals surface area contributed by atoms with E-state index in [0.717, 1.165) is 9.37 Å². The maximum atomic E-state index is 12.9. The maximum Gasteiger partial charge on any atom is 0.325 e. The number of hydrogen-bond acceptors (Lipinski definition) is 4. The van der Waals surface area contributed by atoms with Gasteiger partial charge in [-0.1, -0.05) is 39.7 Å². The van der Waals surface area contributed by atoms with E-state index in [9.17, 15) is 14.4 Å². The number of urea groups is 1. The van der Waals surface area contributed by atoms with E-state index < -0.39 is 29.9 Å². The number of halogens is 2. The molecular formula is C19H17BrClN3O4. The van der Waals surface area contributed by atoms with E-state index in [-0.39, 0.29) is 0 Å². The number of hydrogen-bond donors (Lipinski definition) is 2. The van der Waals surface area contributed by atoms with Gasteiger partial charge in [0.05, 0.1) is 12.8 Å². The Balaban J connectivity index is 1.78. The lowest BCUT2D eigenvalue weighted by molar-refractivity contribution is -0.133. The summed E-state index contributed by atoms with van der Waals surface area (Å²) in [6.07, 6.45) is 0. The van der Waals surface area contributed by atoms with Crippen molar-refractivity contribution in [2.24, 2.45) is 0 Å². The normalized spacial score (nSPS) is 18.8. The van der Waals surface area contributed by atoms with E-state index in [2.05, 4.69) is 26.6 Å². The average Bonchev–Trinajstić information content (AvgIpc) is 2.86. The van der Waals surface area contributed by atoms with Crippen LogP contribution in [0.4, 0.5) is 10.5 Å². The number of imide groups is 1. The van der Waals surface area contributed by atoms with Crippen molar-refractivity contribution in [3.8, 4) is 5.75 Å². The Morgan fingerprint density at radius 2 is 2.04 bits per heavy atom. The number of nitrogens with one attached hydrogen (secondary N) is 2. The van der Waals surface area contributed by atoms with E-state index in [1.54, 1.807) is 37.3 Å². The second-order valence-electron chi connectivity index (χ2n) is 6.35. The number of benzene rings is 2. The second-order valence-corrected chi connectivity index (χ2v) is 7.70. The third-order valence-electron chi connectivity index (χ3n) is 4.41. The summed E-state index contributed by atoms with van der Waals surface area (Å²) in [5.74, 6) is -0.653. The van der Waals surface area contributed by atoms with Crippen molar-refractivity contribution in [2.45, 2.75) is 12.5 Å². The van der Waals surface area contributed by atoms with Crippen molar-refractivity contribution in [3.05, 3.63) is 57.5 Å². The molecule has 1 heterocycles. The fourth-order valence-electron chi connectivity index (χ4n) is 2.95. The number of amides is 4. The van der Waals surface area contributed by atoms with Gasteiger partial charge in [-0.25, -0.2) is 4.79 Å². The molecule has 9 heteroatoms. The van der Waals surface area contributed by atoms with Gasteiger partial charge in [-0.05, 0) is 42.8 Å². The molecule has 1 atom stereocenters. The van der Waals surface area contributed by atoms with Gasteiger partial charge in [0.15, 0.2) is 0 Å². The molecule has 0 unspecified atom stereocenters. The molecule has 7 nitrogen and oxygen atoms in total. The Hall–Kier alpha value is -2.58. The minimum absolute atomic E-state index is 0.349. The zero-order valence-corrected chi connectivity index (χ0v) is 17.4. The summed E-state index contributed by atoms with van der Waals surface area (Å²) >= 11 is 9.31. The fraction of sp³-hybridized carbons (Fsp3) is 0.211. The van der Waals surface area contributed by atoms with Crippen molar-refractivity contribution in [3.63, 3.8) is 0 Å². The van der Waals surface area contributed by atoms with Crippen LogP contribution in [0.3, 0.4) is 0 Å². The monoisotopic (exact) mass is 465 g/mol. The Labute approximate surface area is 175 Å². The molecule has 1 saturated heterocycles. The van der Waals surface area contributed by atoms with Crippen LogP contribution in [0.1, 0.15) is 12.5 Å². The highest BCUT2D eigenvalue weighted by Crippen LogP contribution is 2.31. The summed E-state index contributed by atoms with van der Waals surface area (Å²) in [5.41, 5.74) is -0.295. The molecule has 3 rings (SSSR count). The molecule has 0 spiro atoms. The Kier molecular flexibility index (Phi) is 5.62. The number of rotatable bonds is 5. The zero-order chi connectivity index (χ0) is 20.5. The Morgan fingerprint density at radius 3 is 2.71 bits per heavy atom. The number of nitrogens with zero attached hydrogens (tertiary/aromatic N) is 1. The van der Waals surface area contributed by atoms with Gasteiger partial charge < -0.3 is 15.4 Å². The van der Waals surface area contributed by atoms with E-state index in [4.69, 9.17) is 16.3 Å². The minimum atomic E-state index is -1.26. The van der Waals surface area contributed by atoms with Crippen molar-refractivity contribution in [1.29, 1.82) is 0 Å². The van der Waals surface area contributed by atoms with Crippen LogP contribution in [-0.4, -0.2) is 36.4 Å². The van der Waals surface area contributed by atoms with Crippen LogP contribution in [0.5, 0.6) is 5.75 Å². The van der Waals surface area contributed by atoms with Gasteiger partial charge in [0.1, 0.15) is 17.8 Å². The predicted molar refractivity (Wildman–Crippen MR) is 108 cm³/mol. The SMILES string of the molecule is COc1ccc(Cl)cc1NC(=O)CN1C(=O)N[C@@](C)(c2cccc(Br)c2)C1=O. The van der Waals surface area contributed by atoms with Crippen molar-refractivity contribution in [1.82, 2.24) is 10.2 Å². The molecule has 4 amide bonds. The fourth-order valence-corrected chi connectivity index (χ4v) is 3.52. The van der Waals surface area contributed by atoms with Crippen LogP contribution in [0.25, 0.3) is 0 Å². The lowest BCUT2D eigenvalue weighted by atomic mass is 9.92. The highest BCUT2D eigenvalue weighted by Gasteiger charge is 2.49. The number of carbonyl (C=O) groups is 3. The third kappa shape index (κ3) is 3.83. The summed E-state index contributed by atoms with van der Waals surface area (Å²) in [6.45, 7) is 1.16. The van der Waals surface area contributed by atoms with Gasteiger partial charge in [-0.3, -0.25) is 14.5 Å². The van der Waals surface area contributed by atoms with Crippen LogP contribution in [0.2, 0.25) is 5.02 Å². The molecule has 1 aliphatic rings. The Bertz CT molecular complexity index is 968. The lowest BCUT2D eigenvalue weighted by Gasteiger charge is -2.22. The van der Waals surface area contributed by atoms with Crippen molar-refractivity contribution >= 4 is 51.1 Å². The standard InChI is InChI=1S/C19H17BrClN3O4/c1-19(11-4-3-5-12(20)8-11)17(26)24(18(27)23-19)10-16(25)22-14-9-13(21)6-7-15(14)28-2/h3-9H,10H2,1-2H3,(H,22,25)(H,23,27)/t19-/m0/s1. The van der Waals surface area contributed by atoms with Gasteiger partial charge in [0.25, 0.3) is 5.91 Å². The molecule has 2 aromatic rings. The highest BCUT2D eigenvalue weighted by atomic mass is 79.9. The molecule has 0 saturated carbocycles. The van der Waals surface area contributed by atoms with Crippen molar-refractivity contribution in [2.75, 3.05) is 19.0 Å². The molecule has 2 aromatic carbocycles. The van der Waals surface area contributed by atoms with Gasteiger partial charge >= 0.3 is 6.03 Å². The van der Waals surface area contributed by atoms with Gasteiger partial charge in [-0.15, -0.1) is 0 Å². The molecular weight excluding hydrogens is 450 g/mol. The summed E-state index contributed by atoms with van der Waals surface area (Å²) in [4.78, 5) is 38.6. The largest absolute Gasteiger partial charge is 0.495 e. The number of anilines is 1. The van der Waals surface area contributed by atoms with E-state index in [0.29, 0.717) is 22.0 Å². The lowest BCUT2D eigenvalue weighted by Crippen LogP contribution is -2.42. The van der Waals surface area contributed by atoms with E-state index in [1.165, 1.54) is 13.2 Å². The second kappa shape index (κ2) is 7.81. The quantitative estimate of drug-likeness (QED) is 0.660. The van der Waals surface area contributed by atoms with Crippen LogP contribution in [0.15, 0.2) is 46.9 Å². The van der Waals surface area contributed by atoms with Crippen LogP contribution in [-0.2, 0) is 15.1 Å². The molecule has 0 aromatic heterocycles. The first-order valence-electron chi connectivity index (χ1n) is 8.28. The first-order valence-corrected chi connectivity index (χ1v) is 9.45.